The van der Waals surface area contributed by atoms with Gasteiger partial charge >= 0.3 is 0 Å². The van der Waals surface area contributed by atoms with E-state index in [2.05, 4.69) is 11.5 Å². The first-order chi connectivity index (χ1) is 16.5. The molecule has 0 bridgehead atoms. The zero-order valence-electron chi connectivity index (χ0n) is 18.7. The van der Waals surface area contributed by atoms with Crippen molar-refractivity contribution in [1.29, 1.82) is 0 Å². The summed E-state index contributed by atoms with van der Waals surface area (Å²) in [6.45, 7) is 2.82. The maximum absolute atomic E-state index is 13.3. The number of aromatic nitrogens is 1. The number of carbonyl (C=O) groups excluding carboxylic acids is 2. The number of carbonyl (C=O) groups is 2. The Morgan fingerprint density at radius 2 is 1.35 bits per heavy atom. The van der Waals surface area contributed by atoms with Gasteiger partial charge in [-0.05, 0) is 79.2 Å². The van der Waals surface area contributed by atoms with Crippen LogP contribution in [0.25, 0.3) is 27.9 Å². The minimum absolute atomic E-state index is 0.0818. The molecule has 3 nitrogen and oxygen atoms in total. The molecule has 5 aromatic rings. The summed E-state index contributed by atoms with van der Waals surface area (Å²) >= 11 is 0. The molecule has 0 atom stereocenters. The van der Waals surface area contributed by atoms with Crippen LogP contribution in [0.3, 0.4) is 0 Å². The Balaban J connectivity index is 1.58. The Kier molecular flexibility index (Phi) is 5.64. The lowest BCUT2D eigenvalue weighted by Gasteiger charge is -2.04. The topological polar surface area (TPSA) is 39.1 Å². The van der Waals surface area contributed by atoms with Gasteiger partial charge in [0, 0.05) is 45.0 Å². The average Bonchev–Trinajstić information content (AvgIpc) is 3.20. The van der Waals surface area contributed by atoms with Crippen molar-refractivity contribution in [3.63, 3.8) is 0 Å². The second-order valence-electron chi connectivity index (χ2n) is 8.15. The fourth-order valence-corrected chi connectivity index (χ4v) is 4.34. The number of rotatable bonds is 6. The van der Waals surface area contributed by atoms with E-state index in [0.29, 0.717) is 16.7 Å². The van der Waals surface area contributed by atoms with Gasteiger partial charge in [0.1, 0.15) is 5.82 Å². The number of hydrogen-bond acceptors (Lipinski definition) is 2. The number of fused-ring (bicyclic) bond motifs is 3. The highest BCUT2D eigenvalue weighted by Crippen LogP contribution is 2.31. The molecular weight excluding hydrogens is 425 g/mol. The summed E-state index contributed by atoms with van der Waals surface area (Å²) in [6.07, 6.45) is 3.39. The minimum atomic E-state index is -0.378. The third-order valence-electron chi connectivity index (χ3n) is 6.06. The van der Waals surface area contributed by atoms with Gasteiger partial charge in [-0.2, -0.15) is 0 Å². The van der Waals surface area contributed by atoms with Crippen LogP contribution in [-0.2, 0) is 6.54 Å². The SMILES string of the molecule is CCn1c2ccc(C(=O)/C=C/c3ccccc3)cc2c2cc(C(=O)c3ccc(F)cc3)ccc21. The van der Waals surface area contributed by atoms with Crippen LogP contribution in [0, 0.1) is 5.82 Å². The number of ketones is 2. The fourth-order valence-electron chi connectivity index (χ4n) is 4.34. The van der Waals surface area contributed by atoms with E-state index in [1.54, 1.807) is 18.2 Å². The predicted octanol–water partition coefficient (Wildman–Crippen LogP) is 7.08. The summed E-state index contributed by atoms with van der Waals surface area (Å²) in [4.78, 5) is 25.9. The Morgan fingerprint density at radius 3 is 2.00 bits per heavy atom. The highest BCUT2D eigenvalue weighted by Gasteiger charge is 2.16. The van der Waals surface area contributed by atoms with Crippen LogP contribution in [0.4, 0.5) is 4.39 Å². The number of halogens is 1. The number of nitrogens with zero attached hydrogens (tertiary/aromatic N) is 1. The molecule has 0 aliphatic rings. The van der Waals surface area contributed by atoms with E-state index in [1.165, 1.54) is 24.3 Å². The summed E-state index contributed by atoms with van der Waals surface area (Å²) in [7, 11) is 0. The van der Waals surface area contributed by atoms with E-state index >= 15 is 0 Å². The van der Waals surface area contributed by atoms with Crippen LogP contribution in [0.15, 0.2) is 97.1 Å². The molecule has 4 heteroatoms. The van der Waals surface area contributed by atoms with Crippen molar-refractivity contribution >= 4 is 39.4 Å². The summed E-state index contributed by atoms with van der Waals surface area (Å²) < 4.78 is 15.5. The Morgan fingerprint density at radius 1 is 0.765 bits per heavy atom. The van der Waals surface area contributed by atoms with Crippen molar-refractivity contribution in [2.24, 2.45) is 0 Å². The lowest BCUT2D eigenvalue weighted by molar-refractivity contribution is 0.103. The molecule has 0 fully saturated rings. The first-order valence-corrected chi connectivity index (χ1v) is 11.2. The predicted molar refractivity (Wildman–Crippen MR) is 135 cm³/mol. The van der Waals surface area contributed by atoms with Crippen LogP contribution in [0.2, 0.25) is 0 Å². The van der Waals surface area contributed by atoms with Gasteiger partial charge in [-0.25, -0.2) is 4.39 Å². The molecule has 0 saturated carbocycles. The van der Waals surface area contributed by atoms with Gasteiger partial charge in [0.2, 0.25) is 0 Å². The van der Waals surface area contributed by atoms with Crippen LogP contribution >= 0.6 is 0 Å². The van der Waals surface area contributed by atoms with E-state index in [0.717, 1.165) is 33.9 Å². The lowest BCUT2D eigenvalue weighted by Crippen LogP contribution is -2.01. The number of hydrogen-bond donors (Lipinski definition) is 0. The normalized spacial score (nSPS) is 11.5. The molecule has 4 aromatic carbocycles. The van der Waals surface area contributed by atoms with Gasteiger partial charge in [-0.15, -0.1) is 0 Å². The summed E-state index contributed by atoms with van der Waals surface area (Å²) in [5.74, 6) is -0.629. The highest BCUT2D eigenvalue weighted by molar-refractivity contribution is 6.16. The standard InChI is InChI=1S/C30H22FNO2/c1-2-32-27-15-11-22(29(33)17-8-20-6-4-3-5-7-20)18-25(27)26-19-23(12-16-28(26)32)30(34)21-9-13-24(31)14-10-21/h3-19H,2H2,1H3/b17-8+. The number of benzene rings is 4. The van der Waals surface area contributed by atoms with Gasteiger partial charge < -0.3 is 4.57 Å². The van der Waals surface area contributed by atoms with Crippen molar-refractivity contribution in [3.05, 3.63) is 125 Å². The summed E-state index contributed by atoms with van der Waals surface area (Å²) in [5, 5.41) is 1.83. The first kappa shape index (κ1) is 21.5. The average molecular weight is 448 g/mol. The smallest absolute Gasteiger partial charge is 0.193 e. The first-order valence-electron chi connectivity index (χ1n) is 11.2. The quantitative estimate of drug-likeness (QED) is 0.206. The maximum atomic E-state index is 13.3. The molecule has 166 valence electrons. The molecule has 0 N–H and O–H groups in total. The van der Waals surface area contributed by atoms with Crippen LogP contribution in [0.1, 0.15) is 38.8 Å². The molecule has 34 heavy (non-hydrogen) atoms. The van der Waals surface area contributed by atoms with Crippen LogP contribution in [0.5, 0.6) is 0 Å². The highest BCUT2D eigenvalue weighted by atomic mass is 19.1. The molecule has 0 spiro atoms. The minimum Gasteiger partial charge on any atom is -0.341 e. The van der Waals surface area contributed by atoms with Crippen LogP contribution in [-0.4, -0.2) is 16.1 Å². The van der Waals surface area contributed by atoms with Crippen molar-refractivity contribution in [3.8, 4) is 0 Å². The molecule has 1 aromatic heterocycles. The van der Waals surface area contributed by atoms with Crippen LogP contribution < -0.4 is 0 Å². The van der Waals surface area contributed by atoms with Crippen molar-refractivity contribution in [2.75, 3.05) is 0 Å². The molecule has 1 heterocycles. The van der Waals surface area contributed by atoms with Gasteiger partial charge in [-0.3, -0.25) is 9.59 Å². The van der Waals surface area contributed by atoms with Crippen molar-refractivity contribution in [2.45, 2.75) is 13.5 Å². The van der Waals surface area contributed by atoms with Gasteiger partial charge in [0.25, 0.3) is 0 Å². The number of allylic oxidation sites excluding steroid dienone is 1. The van der Waals surface area contributed by atoms with Gasteiger partial charge in [0.05, 0.1) is 0 Å². The van der Waals surface area contributed by atoms with Crippen molar-refractivity contribution < 1.29 is 14.0 Å². The number of aryl methyl sites for hydroxylation is 1. The largest absolute Gasteiger partial charge is 0.341 e. The van der Waals surface area contributed by atoms with Crippen molar-refractivity contribution in [1.82, 2.24) is 4.57 Å². The second kappa shape index (κ2) is 8.91. The fraction of sp³-hybridized carbons (Fsp3) is 0.0667. The van der Waals surface area contributed by atoms with E-state index in [-0.39, 0.29) is 17.4 Å². The monoisotopic (exact) mass is 447 g/mol. The molecule has 0 amide bonds. The van der Waals surface area contributed by atoms with E-state index in [4.69, 9.17) is 0 Å². The maximum Gasteiger partial charge on any atom is 0.193 e. The summed E-state index contributed by atoms with van der Waals surface area (Å²) in [6, 6.07) is 26.6. The van der Waals surface area contributed by atoms with E-state index in [1.807, 2.05) is 60.7 Å². The van der Waals surface area contributed by atoms with Gasteiger partial charge in [-0.1, -0.05) is 36.4 Å². The zero-order chi connectivity index (χ0) is 23.7. The molecule has 0 radical (unpaired) electrons. The molecule has 0 saturated heterocycles. The van der Waals surface area contributed by atoms with Gasteiger partial charge in [0.15, 0.2) is 11.6 Å². The lowest BCUT2D eigenvalue weighted by atomic mass is 10.00. The Bertz CT molecular complexity index is 1560. The van der Waals surface area contributed by atoms with E-state index < -0.39 is 0 Å². The zero-order valence-corrected chi connectivity index (χ0v) is 18.7. The summed E-state index contributed by atoms with van der Waals surface area (Å²) in [5.41, 5.74) is 4.51. The molecule has 0 aliphatic carbocycles. The molecule has 5 rings (SSSR count). The molecular formula is C30H22FNO2. The Labute approximate surface area is 196 Å². The Hall–Kier alpha value is -4.31. The third-order valence-corrected chi connectivity index (χ3v) is 6.06. The molecule has 0 unspecified atom stereocenters. The molecule has 0 aliphatic heterocycles. The van der Waals surface area contributed by atoms with E-state index in [9.17, 15) is 14.0 Å². The second-order valence-corrected chi connectivity index (χ2v) is 8.15. The third kappa shape index (κ3) is 3.95.